The second kappa shape index (κ2) is 44.0. The van der Waals surface area contributed by atoms with Gasteiger partial charge in [0.1, 0.15) is 6.61 Å². The zero-order chi connectivity index (χ0) is 37.8. The molecule has 0 aliphatic heterocycles. The number of alkyl carbamates (subject to hydrolysis) is 1. The Kier molecular flexibility index (Phi) is 42.8. The Labute approximate surface area is 323 Å². The third-order valence-electron chi connectivity index (χ3n) is 9.78. The fourth-order valence-corrected chi connectivity index (χ4v) is 6.26. The predicted molar refractivity (Wildman–Crippen MR) is 223 cm³/mol. The Balaban J connectivity index is 4.04. The predicted octanol–water partition coefficient (Wildman–Crippen LogP) is 12.1. The number of allylic oxidation sites excluding steroid dienone is 4. The number of aliphatic hydroxyl groups is 1. The molecule has 0 saturated carbocycles. The van der Waals surface area contributed by atoms with Crippen molar-refractivity contribution in [3.63, 3.8) is 0 Å². The van der Waals surface area contributed by atoms with Crippen molar-refractivity contribution in [3.8, 4) is 0 Å². The van der Waals surface area contributed by atoms with Crippen LogP contribution < -0.4 is 5.32 Å². The minimum atomic E-state index is -0.434. The largest absolute Gasteiger partial charge is 0.448 e. The summed E-state index contributed by atoms with van der Waals surface area (Å²) in [6, 6.07) is 0. The molecule has 0 aromatic carbocycles. The van der Waals surface area contributed by atoms with Crippen molar-refractivity contribution in [2.45, 2.75) is 200 Å². The smallest absolute Gasteiger partial charge is 0.407 e. The number of hydrogen-bond acceptors (Lipinski definition) is 6. The number of carbonyl (C=O) groups is 1. The van der Waals surface area contributed by atoms with Gasteiger partial charge < -0.3 is 29.5 Å². The van der Waals surface area contributed by atoms with Crippen LogP contribution in [0.15, 0.2) is 24.3 Å². The number of nitrogens with zero attached hydrogens (tertiary/aromatic N) is 1. The van der Waals surface area contributed by atoms with Gasteiger partial charge in [-0.3, -0.25) is 0 Å². The topological polar surface area (TPSA) is 80.3 Å². The van der Waals surface area contributed by atoms with Crippen molar-refractivity contribution in [1.82, 2.24) is 10.2 Å². The number of nitrogens with one attached hydrogen (secondary N) is 1. The lowest BCUT2D eigenvalue weighted by Crippen LogP contribution is -2.38. The lowest BCUT2D eigenvalue weighted by molar-refractivity contribution is -0.0175. The van der Waals surface area contributed by atoms with E-state index in [4.69, 9.17) is 19.3 Å². The maximum atomic E-state index is 12.3. The van der Waals surface area contributed by atoms with E-state index in [1.165, 1.54) is 167 Å². The van der Waals surface area contributed by atoms with Crippen LogP contribution in [0.3, 0.4) is 0 Å². The fourth-order valence-electron chi connectivity index (χ4n) is 6.26. The molecule has 0 fully saturated rings. The van der Waals surface area contributed by atoms with Gasteiger partial charge in [-0.15, -0.1) is 0 Å². The van der Waals surface area contributed by atoms with E-state index in [9.17, 15) is 4.79 Å². The van der Waals surface area contributed by atoms with Crippen LogP contribution in [-0.4, -0.2) is 81.9 Å². The van der Waals surface area contributed by atoms with Gasteiger partial charge in [0.15, 0.2) is 0 Å². The molecule has 0 aromatic rings. The van der Waals surface area contributed by atoms with Crippen molar-refractivity contribution in [3.05, 3.63) is 24.3 Å². The molecule has 0 rings (SSSR count). The highest BCUT2D eigenvalue weighted by Gasteiger charge is 2.13. The van der Waals surface area contributed by atoms with E-state index in [1.54, 1.807) is 0 Å². The van der Waals surface area contributed by atoms with Gasteiger partial charge in [-0.05, 0) is 71.3 Å². The number of amides is 1. The van der Waals surface area contributed by atoms with Gasteiger partial charge in [-0.1, -0.05) is 154 Å². The monoisotopic (exact) mass is 737 g/mol. The van der Waals surface area contributed by atoms with Crippen LogP contribution in [0.4, 0.5) is 4.79 Å². The molecule has 0 aliphatic carbocycles. The van der Waals surface area contributed by atoms with E-state index in [-0.39, 0.29) is 19.3 Å². The molecule has 2 N–H and O–H groups in total. The maximum absolute atomic E-state index is 12.3. The van der Waals surface area contributed by atoms with Crippen LogP contribution in [-0.2, 0) is 14.2 Å². The van der Waals surface area contributed by atoms with Crippen molar-refractivity contribution in [2.75, 3.05) is 59.7 Å². The Bertz CT molecular complexity index is 762. The summed E-state index contributed by atoms with van der Waals surface area (Å²) in [5.74, 6) is 0. The maximum Gasteiger partial charge on any atom is 0.407 e. The van der Waals surface area contributed by atoms with Crippen LogP contribution in [0, 0.1) is 0 Å². The Morgan fingerprint density at radius 2 is 1.00 bits per heavy atom. The molecule has 1 amide bonds. The Hall–Kier alpha value is -1.41. The Morgan fingerprint density at radius 3 is 1.46 bits per heavy atom. The van der Waals surface area contributed by atoms with Gasteiger partial charge in [0.05, 0.1) is 19.3 Å². The normalized spacial score (nSPS) is 12.5. The second-order valence-corrected chi connectivity index (χ2v) is 15.0. The number of likely N-dealkylation sites (N-methyl/N-ethyl adjacent to an activating group) is 1. The van der Waals surface area contributed by atoms with Crippen molar-refractivity contribution < 1.29 is 24.1 Å². The van der Waals surface area contributed by atoms with Crippen LogP contribution in [0.25, 0.3) is 0 Å². The highest BCUT2D eigenvalue weighted by Crippen LogP contribution is 2.12. The van der Waals surface area contributed by atoms with E-state index in [1.807, 2.05) is 11.9 Å². The zero-order valence-electron chi connectivity index (χ0n) is 34.9. The average molecular weight is 737 g/mol. The number of ether oxygens (including phenoxy) is 3. The summed E-state index contributed by atoms with van der Waals surface area (Å²) in [5, 5.41) is 11.9. The van der Waals surface area contributed by atoms with E-state index >= 15 is 0 Å². The number of carbonyl (C=O) groups excluding carboxylic acids is 1. The lowest BCUT2D eigenvalue weighted by Gasteiger charge is -2.19. The first kappa shape index (κ1) is 50.6. The average Bonchev–Trinajstić information content (AvgIpc) is 3.14. The highest BCUT2D eigenvalue weighted by molar-refractivity contribution is 5.67. The van der Waals surface area contributed by atoms with Crippen molar-refractivity contribution in [2.24, 2.45) is 0 Å². The van der Waals surface area contributed by atoms with Crippen LogP contribution in [0.2, 0.25) is 0 Å². The highest BCUT2D eigenvalue weighted by atomic mass is 16.6. The first-order valence-corrected chi connectivity index (χ1v) is 22.3. The van der Waals surface area contributed by atoms with Gasteiger partial charge >= 0.3 is 6.09 Å². The molecule has 0 spiro atoms. The van der Waals surface area contributed by atoms with E-state index in [0.717, 1.165) is 19.4 Å². The minimum absolute atomic E-state index is 0.0932. The third kappa shape index (κ3) is 41.3. The van der Waals surface area contributed by atoms with Crippen LogP contribution in [0.1, 0.15) is 194 Å². The molecule has 7 nitrogen and oxygen atoms in total. The summed E-state index contributed by atoms with van der Waals surface area (Å²) < 4.78 is 17.5. The number of rotatable bonds is 42. The number of hydrogen-bond donors (Lipinski definition) is 2. The van der Waals surface area contributed by atoms with Gasteiger partial charge in [-0.25, -0.2) is 4.79 Å². The standard InChI is InChI=1S/C45H88N2O5/c1-4-6-8-10-12-14-16-18-20-22-24-26-28-30-32-34-39-50-43-44(42-46-45(49)52-41-37-47(3)36-38-48)51-40-35-33-31-29-27-25-23-21-19-17-15-13-11-9-7-5-2/h18-21,44,48H,4-17,22-43H2,1-3H3,(H,46,49). The quantitative estimate of drug-likeness (QED) is 0.0480. The fraction of sp³-hybridized carbons (Fsp3) is 0.889. The van der Waals surface area contributed by atoms with Crippen LogP contribution >= 0.6 is 0 Å². The minimum Gasteiger partial charge on any atom is -0.448 e. The summed E-state index contributed by atoms with van der Waals surface area (Å²) >= 11 is 0. The second-order valence-electron chi connectivity index (χ2n) is 15.0. The molecule has 0 aliphatic rings. The summed E-state index contributed by atoms with van der Waals surface area (Å²) in [4.78, 5) is 14.2. The van der Waals surface area contributed by atoms with Gasteiger partial charge in [-0.2, -0.15) is 0 Å². The van der Waals surface area contributed by atoms with E-state index < -0.39 is 6.09 Å². The van der Waals surface area contributed by atoms with E-state index in [0.29, 0.717) is 32.8 Å². The number of unbranched alkanes of at least 4 members (excludes halogenated alkanes) is 24. The molecule has 308 valence electrons. The molecule has 7 heteroatoms. The van der Waals surface area contributed by atoms with E-state index in [2.05, 4.69) is 43.5 Å². The molecule has 0 aromatic heterocycles. The molecule has 0 bridgehead atoms. The lowest BCUT2D eigenvalue weighted by atomic mass is 10.1. The molecular formula is C45H88N2O5. The summed E-state index contributed by atoms with van der Waals surface area (Å²) in [6.45, 7) is 8.36. The van der Waals surface area contributed by atoms with Gasteiger partial charge in [0, 0.05) is 32.8 Å². The molecular weight excluding hydrogens is 649 g/mol. The SMILES string of the molecule is CCCCCCCCC=CCCCCCCCCOCC(CNC(=O)OCCN(C)CCO)OCCCCCCCCC=CCCCCCCCC. The molecule has 1 unspecified atom stereocenters. The molecule has 1 atom stereocenters. The third-order valence-corrected chi connectivity index (χ3v) is 9.78. The molecule has 0 radical (unpaired) electrons. The molecule has 0 heterocycles. The summed E-state index contributed by atoms with van der Waals surface area (Å²) in [7, 11) is 1.89. The van der Waals surface area contributed by atoms with Crippen molar-refractivity contribution >= 4 is 6.09 Å². The molecule has 0 saturated heterocycles. The summed E-state index contributed by atoms with van der Waals surface area (Å²) in [5.41, 5.74) is 0. The first-order valence-electron chi connectivity index (χ1n) is 22.3. The van der Waals surface area contributed by atoms with Gasteiger partial charge in [0.25, 0.3) is 0 Å². The van der Waals surface area contributed by atoms with Gasteiger partial charge in [0.2, 0.25) is 0 Å². The zero-order valence-corrected chi connectivity index (χ0v) is 34.9. The summed E-state index contributed by atoms with van der Waals surface area (Å²) in [6.07, 6.45) is 45.2. The first-order chi connectivity index (χ1) is 25.6. The van der Waals surface area contributed by atoms with Crippen molar-refractivity contribution in [1.29, 1.82) is 0 Å². The molecule has 52 heavy (non-hydrogen) atoms. The Morgan fingerprint density at radius 1 is 0.577 bits per heavy atom. The number of aliphatic hydroxyl groups excluding tert-OH is 1. The van der Waals surface area contributed by atoms with Crippen LogP contribution in [0.5, 0.6) is 0 Å².